The Morgan fingerprint density at radius 3 is 2.52 bits per heavy atom. The number of nitrogens with zero attached hydrogens (tertiary/aromatic N) is 2. The van der Waals surface area contributed by atoms with Gasteiger partial charge in [-0.2, -0.15) is 0 Å². The van der Waals surface area contributed by atoms with Crippen LogP contribution in [0, 0.1) is 11.8 Å². The highest BCUT2D eigenvalue weighted by molar-refractivity contribution is 9.09. The molecule has 4 rings (SSSR count). The summed E-state index contributed by atoms with van der Waals surface area (Å²) in [4.78, 5) is 59.2. The van der Waals surface area contributed by atoms with E-state index in [2.05, 4.69) is 34.4 Å². The zero-order chi connectivity index (χ0) is 35.2. The van der Waals surface area contributed by atoms with E-state index in [0.717, 1.165) is 0 Å². The second-order valence-electron chi connectivity index (χ2n) is 13.8. The van der Waals surface area contributed by atoms with Crippen LogP contribution in [-0.4, -0.2) is 106 Å². The largest absolute Gasteiger partial charge is 0.455 e. The standard InChI is InChI=1S/C36H50BrN3O8/c1-7-9-17-26(42)38-25(22-46-6)29(23-15-11-10-12-16-23)47-34(45)27-28-32(43)39(19-13-14-20-41)31(36(28)21-24(37)30(27)48-36)33(44)40(18-8-2)35(3,4)5/h7-8,10-12,15-16,24-25,27-31,41H,1-2,9,13-14,17-22H2,3-6H3,(H,38,42)/t24?,25-,27+,28-,29-,30+,31+,36-/m1/s1. The number of aliphatic hydroxyl groups is 1. The molecule has 1 aromatic carbocycles. The summed E-state index contributed by atoms with van der Waals surface area (Å²) in [7, 11) is 1.50. The number of amides is 3. The molecular formula is C36H50BrN3O8. The topological polar surface area (TPSA) is 135 Å². The number of hydrogen-bond acceptors (Lipinski definition) is 8. The van der Waals surface area contributed by atoms with Gasteiger partial charge < -0.3 is 34.4 Å². The number of esters is 1. The highest BCUT2D eigenvalue weighted by atomic mass is 79.9. The third-order valence-electron chi connectivity index (χ3n) is 9.49. The molecule has 264 valence electrons. The van der Waals surface area contributed by atoms with Crippen molar-refractivity contribution in [2.45, 2.75) is 93.1 Å². The number of carbonyl (C=O) groups excluding carboxylic acids is 4. The van der Waals surface area contributed by atoms with Crippen LogP contribution in [0.5, 0.6) is 0 Å². The van der Waals surface area contributed by atoms with Crippen LogP contribution in [-0.2, 0) is 33.4 Å². The van der Waals surface area contributed by atoms with Gasteiger partial charge in [0.2, 0.25) is 17.7 Å². The van der Waals surface area contributed by atoms with Crippen LogP contribution in [0.3, 0.4) is 0 Å². The van der Waals surface area contributed by atoms with E-state index in [1.54, 1.807) is 22.0 Å². The molecule has 0 radical (unpaired) electrons. The van der Waals surface area contributed by atoms with Gasteiger partial charge in [0.05, 0.1) is 30.6 Å². The number of rotatable bonds is 17. The van der Waals surface area contributed by atoms with Gasteiger partial charge in [-0.25, -0.2) is 0 Å². The number of alkyl halides is 1. The molecule has 1 spiro atoms. The molecular weight excluding hydrogens is 682 g/mol. The van der Waals surface area contributed by atoms with Crippen molar-refractivity contribution in [2.24, 2.45) is 11.8 Å². The van der Waals surface area contributed by atoms with E-state index in [1.165, 1.54) is 7.11 Å². The van der Waals surface area contributed by atoms with Crippen LogP contribution in [0.2, 0.25) is 0 Å². The molecule has 3 aliphatic heterocycles. The zero-order valence-electron chi connectivity index (χ0n) is 28.4. The molecule has 1 unspecified atom stereocenters. The maximum atomic E-state index is 14.5. The summed E-state index contributed by atoms with van der Waals surface area (Å²) in [6, 6.07) is 7.37. The van der Waals surface area contributed by atoms with Crippen molar-refractivity contribution in [3.05, 3.63) is 61.2 Å². The molecule has 8 atom stereocenters. The lowest BCUT2D eigenvalue weighted by Crippen LogP contribution is -2.60. The molecule has 48 heavy (non-hydrogen) atoms. The van der Waals surface area contributed by atoms with E-state index in [-0.39, 0.29) is 55.3 Å². The first-order valence-electron chi connectivity index (χ1n) is 16.7. The van der Waals surface area contributed by atoms with Gasteiger partial charge >= 0.3 is 5.97 Å². The maximum absolute atomic E-state index is 14.5. The maximum Gasteiger partial charge on any atom is 0.313 e. The number of unbranched alkanes of at least 4 members (excludes halogenated alkanes) is 1. The van der Waals surface area contributed by atoms with Crippen molar-refractivity contribution >= 4 is 39.6 Å². The molecule has 11 nitrogen and oxygen atoms in total. The molecule has 2 N–H and O–H groups in total. The van der Waals surface area contributed by atoms with Crippen molar-refractivity contribution in [3.8, 4) is 0 Å². The Balaban J connectivity index is 1.73. The van der Waals surface area contributed by atoms with E-state index in [4.69, 9.17) is 14.2 Å². The second kappa shape index (κ2) is 16.1. The van der Waals surface area contributed by atoms with Crippen molar-refractivity contribution < 1.29 is 38.5 Å². The van der Waals surface area contributed by atoms with E-state index in [9.17, 15) is 24.3 Å². The summed E-state index contributed by atoms with van der Waals surface area (Å²) in [6.45, 7) is 13.8. The first-order valence-corrected chi connectivity index (χ1v) is 17.6. The Morgan fingerprint density at radius 2 is 1.92 bits per heavy atom. The smallest absolute Gasteiger partial charge is 0.313 e. The molecule has 3 heterocycles. The summed E-state index contributed by atoms with van der Waals surface area (Å²) < 4.78 is 18.4. The van der Waals surface area contributed by atoms with E-state index >= 15 is 0 Å². The van der Waals surface area contributed by atoms with E-state index in [0.29, 0.717) is 31.2 Å². The summed E-state index contributed by atoms with van der Waals surface area (Å²) in [5.41, 5.74) is -1.21. The number of methoxy groups -OCH3 is 1. The number of nitrogens with one attached hydrogen (secondary N) is 1. The van der Waals surface area contributed by atoms with Gasteiger partial charge in [-0.1, -0.05) is 58.4 Å². The number of benzene rings is 1. The first-order chi connectivity index (χ1) is 22.9. The minimum atomic E-state index is -1.27. The van der Waals surface area contributed by atoms with Crippen LogP contribution in [0.25, 0.3) is 0 Å². The molecule has 3 amide bonds. The molecule has 3 saturated heterocycles. The SMILES string of the molecule is C=CCCC(=O)N[C@H](COC)[C@H](OC(=O)[C@@H]1[C@H]2O[C@@]3(CC2Br)[C@H](C(=O)N(CC=C)C(C)(C)C)N(CCCCO)C(=O)[C@@H]13)c1ccccc1. The molecule has 0 aromatic heterocycles. The van der Waals surface area contributed by atoms with Crippen molar-refractivity contribution in [2.75, 3.05) is 33.4 Å². The van der Waals surface area contributed by atoms with E-state index in [1.807, 2.05) is 51.1 Å². The van der Waals surface area contributed by atoms with Gasteiger partial charge in [-0.3, -0.25) is 19.2 Å². The highest BCUT2D eigenvalue weighted by Gasteiger charge is 2.77. The zero-order valence-corrected chi connectivity index (χ0v) is 30.0. The number of aliphatic hydroxyl groups excluding tert-OH is 1. The second-order valence-corrected chi connectivity index (χ2v) is 14.9. The number of hydrogen-bond donors (Lipinski definition) is 2. The van der Waals surface area contributed by atoms with Gasteiger partial charge in [-0.15, -0.1) is 13.2 Å². The quantitative estimate of drug-likeness (QED) is 0.107. The number of likely N-dealkylation sites (tertiary alicyclic amines) is 1. The van der Waals surface area contributed by atoms with Crippen LogP contribution in [0.4, 0.5) is 0 Å². The monoisotopic (exact) mass is 731 g/mol. The normalized spacial score (nSPS) is 27.2. The number of fused-ring (bicyclic) bond motifs is 1. The lowest BCUT2D eigenvalue weighted by atomic mass is 9.70. The van der Waals surface area contributed by atoms with Crippen molar-refractivity contribution in [1.82, 2.24) is 15.1 Å². The molecule has 3 aliphatic rings. The fourth-order valence-corrected chi connectivity index (χ4v) is 8.35. The number of ether oxygens (including phenoxy) is 3. The fraction of sp³-hybridized carbons (Fsp3) is 0.611. The van der Waals surface area contributed by atoms with Gasteiger partial charge in [-0.05, 0) is 52.0 Å². The highest BCUT2D eigenvalue weighted by Crippen LogP contribution is 2.60. The van der Waals surface area contributed by atoms with Crippen LogP contribution in [0.15, 0.2) is 55.6 Å². The molecule has 2 bridgehead atoms. The minimum Gasteiger partial charge on any atom is -0.455 e. The molecule has 1 aromatic rings. The molecule has 0 saturated carbocycles. The fourth-order valence-electron chi connectivity index (χ4n) is 7.41. The van der Waals surface area contributed by atoms with Gasteiger partial charge in [0.15, 0.2) is 0 Å². The lowest BCUT2D eigenvalue weighted by molar-refractivity contribution is -0.163. The van der Waals surface area contributed by atoms with Gasteiger partial charge in [0, 0.05) is 43.6 Å². The average molecular weight is 733 g/mol. The Labute approximate surface area is 292 Å². The van der Waals surface area contributed by atoms with Crippen LogP contribution >= 0.6 is 15.9 Å². The Morgan fingerprint density at radius 1 is 1.21 bits per heavy atom. The number of carbonyl (C=O) groups is 4. The van der Waals surface area contributed by atoms with Crippen LogP contribution in [0.1, 0.15) is 64.5 Å². The Kier molecular flexibility index (Phi) is 12.7. The molecule has 0 aliphatic carbocycles. The number of halogens is 1. The third-order valence-corrected chi connectivity index (χ3v) is 10.3. The summed E-state index contributed by atoms with van der Waals surface area (Å²) in [5, 5.41) is 12.5. The Hall–Kier alpha value is -3.06. The number of allylic oxidation sites excluding steroid dienone is 1. The van der Waals surface area contributed by atoms with E-state index < -0.39 is 53.2 Å². The summed E-state index contributed by atoms with van der Waals surface area (Å²) in [6.07, 6.45) is 3.62. The van der Waals surface area contributed by atoms with Crippen molar-refractivity contribution in [3.63, 3.8) is 0 Å². The predicted octanol–water partition coefficient (Wildman–Crippen LogP) is 3.70. The predicted molar refractivity (Wildman–Crippen MR) is 184 cm³/mol. The van der Waals surface area contributed by atoms with Gasteiger partial charge in [0.25, 0.3) is 0 Å². The van der Waals surface area contributed by atoms with Crippen LogP contribution < -0.4 is 5.32 Å². The Bertz CT molecular complexity index is 1340. The van der Waals surface area contributed by atoms with Gasteiger partial charge in [0.1, 0.15) is 17.7 Å². The summed E-state index contributed by atoms with van der Waals surface area (Å²) in [5.74, 6) is -3.49. The van der Waals surface area contributed by atoms with Crippen molar-refractivity contribution in [1.29, 1.82) is 0 Å². The lowest BCUT2D eigenvalue weighted by Gasteiger charge is -2.42. The molecule has 3 fully saturated rings. The first kappa shape index (κ1) is 37.8. The third kappa shape index (κ3) is 7.56. The minimum absolute atomic E-state index is 0.0512. The average Bonchev–Trinajstić information content (AvgIpc) is 3.64. The molecule has 12 heteroatoms. The summed E-state index contributed by atoms with van der Waals surface area (Å²) >= 11 is 3.72.